The first kappa shape index (κ1) is 12.5. The van der Waals surface area contributed by atoms with E-state index < -0.39 is 0 Å². The predicted molar refractivity (Wildman–Crippen MR) is 76.9 cm³/mol. The molecule has 0 radical (unpaired) electrons. The second-order valence-corrected chi connectivity index (χ2v) is 5.66. The van der Waals surface area contributed by atoms with Gasteiger partial charge in [0.25, 0.3) is 0 Å². The zero-order valence-electron chi connectivity index (χ0n) is 10.0. The van der Waals surface area contributed by atoms with E-state index in [2.05, 4.69) is 44.2 Å². The SMILES string of the molecule is Cc1ccc(C)c(CSc2ccc(Cl)cc2)c1. The van der Waals surface area contributed by atoms with Crippen molar-refractivity contribution in [2.45, 2.75) is 24.5 Å². The van der Waals surface area contributed by atoms with Gasteiger partial charge in [-0.25, -0.2) is 0 Å². The average molecular weight is 263 g/mol. The molecule has 0 atom stereocenters. The Kier molecular flexibility index (Phi) is 4.14. The van der Waals surface area contributed by atoms with Crippen molar-refractivity contribution in [1.29, 1.82) is 0 Å². The molecule has 0 aliphatic carbocycles. The molecule has 0 aliphatic rings. The van der Waals surface area contributed by atoms with Gasteiger partial charge in [-0.1, -0.05) is 35.4 Å². The minimum Gasteiger partial charge on any atom is -0.121 e. The maximum Gasteiger partial charge on any atom is 0.0406 e. The Balaban J connectivity index is 2.07. The Morgan fingerprint density at radius 1 is 1.00 bits per heavy atom. The minimum absolute atomic E-state index is 0.793. The Bertz CT molecular complexity index is 503. The Morgan fingerprint density at radius 2 is 1.71 bits per heavy atom. The van der Waals surface area contributed by atoms with Crippen molar-refractivity contribution in [1.82, 2.24) is 0 Å². The lowest BCUT2D eigenvalue weighted by Crippen LogP contribution is -1.87. The third kappa shape index (κ3) is 3.52. The van der Waals surface area contributed by atoms with E-state index in [4.69, 9.17) is 11.6 Å². The third-order valence-electron chi connectivity index (χ3n) is 2.71. The van der Waals surface area contributed by atoms with Crippen LogP contribution in [0.3, 0.4) is 0 Å². The van der Waals surface area contributed by atoms with Crippen LogP contribution in [-0.2, 0) is 5.75 Å². The van der Waals surface area contributed by atoms with Gasteiger partial charge in [0.15, 0.2) is 0 Å². The molecule has 0 bridgehead atoms. The summed E-state index contributed by atoms with van der Waals surface area (Å²) in [7, 11) is 0. The molecule has 0 spiro atoms. The molecular weight excluding hydrogens is 248 g/mol. The van der Waals surface area contributed by atoms with Crippen LogP contribution in [0.1, 0.15) is 16.7 Å². The molecule has 0 aliphatic heterocycles. The summed E-state index contributed by atoms with van der Waals surface area (Å²) < 4.78 is 0. The lowest BCUT2D eigenvalue weighted by atomic mass is 10.1. The molecule has 0 saturated carbocycles. The second-order valence-electron chi connectivity index (χ2n) is 4.17. The summed E-state index contributed by atoms with van der Waals surface area (Å²) in [6, 6.07) is 14.6. The molecule has 0 fully saturated rings. The standard InChI is InChI=1S/C15H15ClS/c1-11-3-4-12(2)13(9-11)10-17-15-7-5-14(16)6-8-15/h3-9H,10H2,1-2H3. The number of hydrogen-bond acceptors (Lipinski definition) is 1. The van der Waals surface area contributed by atoms with Crippen LogP contribution in [-0.4, -0.2) is 0 Å². The molecule has 88 valence electrons. The van der Waals surface area contributed by atoms with Gasteiger partial charge in [0, 0.05) is 15.7 Å². The Morgan fingerprint density at radius 3 is 2.41 bits per heavy atom. The molecule has 17 heavy (non-hydrogen) atoms. The summed E-state index contributed by atoms with van der Waals surface area (Å²) in [5.41, 5.74) is 4.09. The van der Waals surface area contributed by atoms with Crippen molar-refractivity contribution in [2.75, 3.05) is 0 Å². The van der Waals surface area contributed by atoms with Crippen LogP contribution >= 0.6 is 23.4 Å². The number of benzene rings is 2. The van der Waals surface area contributed by atoms with Crippen LogP contribution < -0.4 is 0 Å². The van der Waals surface area contributed by atoms with Gasteiger partial charge in [0.2, 0.25) is 0 Å². The van der Waals surface area contributed by atoms with E-state index in [1.165, 1.54) is 21.6 Å². The fourth-order valence-electron chi connectivity index (χ4n) is 1.65. The predicted octanol–water partition coefficient (Wildman–Crippen LogP) is 5.25. The van der Waals surface area contributed by atoms with Crippen LogP contribution in [0.15, 0.2) is 47.4 Å². The number of aryl methyl sites for hydroxylation is 2. The molecule has 0 unspecified atom stereocenters. The molecule has 0 aromatic heterocycles. The molecule has 0 saturated heterocycles. The number of hydrogen-bond donors (Lipinski definition) is 0. The van der Waals surface area contributed by atoms with Gasteiger partial charge < -0.3 is 0 Å². The van der Waals surface area contributed by atoms with Crippen molar-refractivity contribution >= 4 is 23.4 Å². The molecule has 0 N–H and O–H groups in total. The zero-order chi connectivity index (χ0) is 12.3. The van der Waals surface area contributed by atoms with Gasteiger partial charge in [0.05, 0.1) is 0 Å². The molecule has 2 aromatic carbocycles. The number of rotatable bonds is 3. The van der Waals surface area contributed by atoms with E-state index >= 15 is 0 Å². The highest BCUT2D eigenvalue weighted by Crippen LogP contribution is 2.25. The zero-order valence-corrected chi connectivity index (χ0v) is 11.6. The summed E-state index contributed by atoms with van der Waals surface area (Å²) in [5, 5.41) is 0.793. The van der Waals surface area contributed by atoms with Crippen LogP contribution in [0.25, 0.3) is 0 Å². The summed E-state index contributed by atoms with van der Waals surface area (Å²) in [6.45, 7) is 4.30. The first-order chi connectivity index (χ1) is 8.15. The van der Waals surface area contributed by atoms with E-state index in [-0.39, 0.29) is 0 Å². The largest absolute Gasteiger partial charge is 0.121 e. The van der Waals surface area contributed by atoms with E-state index in [1.807, 2.05) is 23.9 Å². The van der Waals surface area contributed by atoms with Crippen LogP contribution in [0.2, 0.25) is 5.02 Å². The number of halogens is 1. The fourth-order valence-corrected chi connectivity index (χ4v) is 2.74. The lowest BCUT2D eigenvalue weighted by Gasteiger charge is -2.07. The van der Waals surface area contributed by atoms with E-state index in [9.17, 15) is 0 Å². The van der Waals surface area contributed by atoms with Crippen molar-refractivity contribution < 1.29 is 0 Å². The van der Waals surface area contributed by atoms with Gasteiger partial charge in [-0.05, 0) is 49.2 Å². The normalized spacial score (nSPS) is 10.5. The Labute approximate surface area is 112 Å². The van der Waals surface area contributed by atoms with Crippen LogP contribution in [0.5, 0.6) is 0 Å². The molecular formula is C15H15ClS. The minimum atomic E-state index is 0.793. The van der Waals surface area contributed by atoms with Crippen LogP contribution in [0.4, 0.5) is 0 Å². The monoisotopic (exact) mass is 262 g/mol. The quantitative estimate of drug-likeness (QED) is 0.681. The maximum atomic E-state index is 5.87. The van der Waals surface area contributed by atoms with E-state index in [0.29, 0.717) is 0 Å². The summed E-state index contributed by atoms with van der Waals surface area (Å²) in [5.74, 6) is 1.01. The highest BCUT2D eigenvalue weighted by molar-refractivity contribution is 7.98. The smallest absolute Gasteiger partial charge is 0.0406 e. The first-order valence-corrected chi connectivity index (χ1v) is 6.96. The van der Waals surface area contributed by atoms with E-state index in [1.54, 1.807) is 0 Å². The molecule has 0 nitrogen and oxygen atoms in total. The van der Waals surface area contributed by atoms with Gasteiger partial charge >= 0.3 is 0 Å². The summed E-state index contributed by atoms with van der Waals surface area (Å²) >= 11 is 7.71. The molecule has 2 rings (SSSR count). The topological polar surface area (TPSA) is 0 Å². The van der Waals surface area contributed by atoms with Crippen LogP contribution in [0, 0.1) is 13.8 Å². The van der Waals surface area contributed by atoms with Crippen molar-refractivity contribution in [3.8, 4) is 0 Å². The molecule has 0 amide bonds. The first-order valence-electron chi connectivity index (χ1n) is 5.59. The third-order valence-corrected chi connectivity index (χ3v) is 4.03. The van der Waals surface area contributed by atoms with E-state index in [0.717, 1.165) is 10.8 Å². The van der Waals surface area contributed by atoms with Gasteiger partial charge in [-0.3, -0.25) is 0 Å². The van der Waals surface area contributed by atoms with Gasteiger partial charge in [0.1, 0.15) is 0 Å². The number of thioether (sulfide) groups is 1. The maximum absolute atomic E-state index is 5.87. The fraction of sp³-hybridized carbons (Fsp3) is 0.200. The lowest BCUT2D eigenvalue weighted by molar-refractivity contribution is 1.27. The summed E-state index contributed by atoms with van der Waals surface area (Å²) in [6.07, 6.45) is 0. The Hall–Kier alpha value is -0.920. The molecule has 0 heterocycles. The second kappa shape index (κ2) is 5.61. The van der Waals surface area contributed by atoms with Crippen molar-refractivity contribution in [2.24, 2.45) is 0 Å². The van der Waals surface area contributed by atoms with Crippen molar-refractivity contribution in [3.05, 3.63) is 64.2 Å². The van der Waals surface area contributed by atoms with Gasteiger partial charge in [-0.15, -0.1) is 11.8 Å². The van der Waals surface area contributed by atoms with Gasteiger partial charge in [-0.2, -0.15) is 0 Å². The molecule has 2 aromatic rings. The average Bonchev–Trinajstić information content (AvgIpc) is 2.32. The molecule has 2 heteroatoms. The highest BCUT2D eigenvalue weighted by atomic mass is 35.5. The van der Waals surface area contributed by atoms with Crippen molar-refractivity contribution in [3.63, 3.8) is 0 Å². The highest BCUT2D eigenvalue weighted by Gasteiger charge is 2.00. The summed E-state index contributed by atoms with van der Waals surface area (Å²) in [4.78, 5) is 1.26.